The van der Waals surface area contributed by atoms with Gasteiger partial charge in [0.15, 0.2) is 11.5 Å². The second-order valence-electron chi connectivity index (χ2n) is 5.88. The summed E-state index contributed by atoms with van der Waals surface area (Å²) in [7, 11) is 3.02. The highest BCUT2D eigenvalue weighted by Gasteiger charge is 2.44. The summed E-state index contributed by atoms with van der Waals surface area (Å²) in [5.74, 6) is 0.544. The van der Waals surface area contributed by atoms with Gasteiger partial charge in [-0.2, -0.15) is 5.10 Å². The molecule has 0 radical (unpaired) electrons. The molecule has 128 valence electrons. The highest BCUT2D eigenvalue weighted by atomic mass is 16.5. The van der Waals surface area contributed by atoms with Gasteiger partial charge in [-0.25, -0.2) is 5.01 Å². The van der Waals surface area contributed by atoms with E-state index in [-0.39, 0.29) is 23.4 Å². The third-order valence-electron chi connectivity index (χ3n) is 4.56. The zero-order valence-electron chi connectivity index (χ0n) is 13.7. The van der Waals surface area contributed by atoms with E-state index in [2.05, 4.69) is 5.10 Å². The monoisotopic (exact) mass is 340 g/mol. The average molecular weight is 340 g/mol. The fourth-order valence-electron chi connectivity index (χ4n) is 3.42. The van der Waals surface area contributed by atoms with Crippen LogP contribution in [0.25, 0.3) is 0 Å². The van der Waals surface area contributed by atoms with Gasteiger partial charge in [-0.3, -0.25) is 4.79 Å². The number of rotatable bonds is 3. The zero-order valence-corrected chi connectivity index (χ0v) is 13.7. The lowest BCUT2D eigenvalue weighted by molar-refractivity contribution is 0.0753. The molecule has 0 saturated carbocycles. The predicted molar refractivity (Wildman–Crippen MR) is 89.4 cm³/mol. The van der Waals surface area contributed by atoms with Crippen LogP contribution < -0.4 is 9.47 Å². The number of carbonyl (C=O) groups excluding carboxylic acids is 1. The number of hydrogen-bond donors (Lipinski definition) is 2. The molecule has 2 heterocycles. The number of ether oxygens (including phenoxy) is 2. The molecule has 0 saturated heterocycles. The molecule has 0 unspecified atom stereocenters. The average Bonchev–Trinajstić information content (AvgIpc) is 3.13. The molecule has 2 aliphatic heterocycles. The molecule has 0 aromatic heterocycles. The van der Waals surface area contributed by atoms with Crippen molar-refractivity contribution in [1.29, 1.82) is 0 Å². The van der Waals surface area contributed by atoms with Gasteiger partial charge >= 0.3 is 0 Å². The van der Waals surface area contributed by atoms with Gasteiger partial charge in [0.2, 0.25) is 0 Å². The number of aromatic hydroxyl groups is 2. The smallest absolute Gasteiger partial charge is 0.278 e. The van der Waals surface area contributed by atoms with Crippen LogP contribution in [0.1, 0.15) is 33.9 Å². The molecule has 1 amide bonds. The van der Waals surface area contributed by atoms with Crippen molar-refractivity contribution < 1.29 is 24.5 Å². The molecule has 2 N–H and O–H groups in total. The van der Waals surface area contributed by atoms with Gasteiger partial charge in [-0.1, -0.05) is 6.07 Å². The van der Waals surface area contributed by atoms with Crippen molar-refractivity contribution in [1.82, 2.24) is 5.01 Å². The maximum Gasteiger partial charge on any atom is 0.278 e. The number of amides is 1. The Morgan fingerprint density at radius 2 is 1.96 bits per heavy atom. The van der Waals surface area contributed by atoms with E-state index in [1.807, 2.05) is 6.07 Å². The maximum atomic E-state index is 12.8. The van der Waals surface area contributed by atoms with Gasteiger partial charge in [0, 0.05) is 18.1 Å². The number of hydrogen-bond acceptors (Lipinski definition) is 6. The minimum Gasteiger partial charge on any atom is -0.508 e. The Hall–Kier alpha value is -3.22. The first-order valence-electron chi connectivity index (χ1n) is 7.73. The van der Waals surface area contributed by atoms with E-state index < -0.39 is 0 Å². The lowest BCUT2D eigenvalue weighted by Gasteiger charge is -2.12. The number of hydrazone groups is 1. The first kappa shape index (κ1) is 15.3. The van der Waals surface area contributed by atoms with Crippen molar-refractivity contribution in [2.24, 2.45) is 5.10 Å². The molecule has 2 aromatic rings. The number of phenols is 2. The molecule has 7 heteroatoms. The summed E-state index contributed by atoms with van der Waals surface area (Å²) in [5.41, 5.74) is 2.38. The Bertz CT molecular complexity index is 922. The molecule has 0 aliphatic carbocycles. The van der Waals surface area contributed by atoms with Gasteiger partial charge in [0.1, 0.15) is 11.5 Å². The second-order valence-corrected chi connectivity index (χ2v) is 5.88. The van der Waals surface area contributed by atoms with Gasteiger partial charge in [-0.05, 0) is 23.8 Å². The number of nitrogens with zero attached hydrogens (tertiary/aromatic N) is 2. The molecule has 2 aliphatic rings. The number of phenolic OH excluding ortho intramolecular Hbond substituents is 2. The van der Waals surface area contributed by atoms with Crippen molar-refractivity contribution in [2.75, 3.05) is 14.2 Å². The van der Waals surface area contributed by atoms with Crippen molar-refractivity contribution in [2.45, 2.75) is 12.5 Å². The van der Waals surface area contributed by atoms with Crippen LogP contribution in [0.3, 0.4) is 0 Å². The summed E-state index contributed by atoms with van der Waals surface area (Å²) in [6, 6.07) is 7.69. The van der Waals surface area contributed by atoms with E-state index in [0.717, 1.165) is 5.56 Å². The van der Waals surface area contributed by atoms with E-state index in [9.17, 15) is 15.0 Å². The van der Waals surface area contributed by atoms with Gasteiger partial charge in [0.25, 0.3) is 5.91 Å². The summed E-state index contributed by atoms with van der Waals surface area (Å²) in [4.78, 5) is 12.8. The van der Waals surface area contributed by atoms with Crippen LogP contribution >= 0.6 is 0 Å². The lowest BCUT2D eigenvalue weighted by Crippen LogP contribution is -2.18. The van der Waals surface area contributed by atoms with Gasteiger partial charge in [0.05, 0.1) is 31.5 Å². The van der Waals surface area contributed by atoms with Crippen LogP contribution in [0.5, 0.6) is 23.0 Å². The topological polar surface area (TPSA) is 91.6 Å². The van der Waals surface area contributed by atoms with E-state index in [4.69, 9.17) is 9.47 Å². The Morgan fingerprint density at radius 1 is 1.16 bits per heavy atom. The third-order valence-corrected chi connectivity index (χ3v) is 4.56. The van der Waals surface area contributed by atoms with Crippen LogP contribution in [-0.2, 0) is 0 Å². The quantitative estimate of drug-likeness (QED) is 0.895. The number of carbonyl (C=O) groups is 1. The Kier molecular flexibility index (Phi) is 3.31. The molecule has 0 bridgehead atoms. The van der Waals surface area contributed by atoms with E-state index in [0.29, 0.717) is 34.8 Å². The van der Waals surface area contributed by atoms with E-state index in [1.165, 1.54) is 31.4 Å². The molecule has 4 rings (SSSR count). The molecular weight excluding hydrogens is 324 g/mol. The predicted octanol–water partition coefficient (Wildman–Crippen LogP) is 2.42. The second kappa shape index (κ2) is 5.41. The summed E-state index contributed by atoms with van der Waals surface area (Å²) in [6.45, 7) is 0. The normalized spacial score (nSPS) is 18.0. The van der Waals surface area contributed by atoms with E-state index >= 15 is 0 Å². The molecule has 0 spiro atoms. The van der Waals surface area contributed by atoms with Crippen molar-refractivity contribution >= 4 is 11.6 Å². The summed E-state index contributed by atoms with van der Waals surface area (Å²) in [6.07, 6.45) is 0.465. The maximum absolute atomic E-state index is 12.8. The third kappa shape index (κ3) is 2.12. The summed E-state index contributed by atoms with van der Waals surface area (Å²) >= 11 is 0. The lowest BCUT2D eigenvalue weighted by atomic mass is 9.97. The highest BCUT2D eigenvalue weighted by Crippen LogP contribution is 2.47. The van der Waals surface area contributed by atoms with Crippen LogP contribution in [0, 0.1) is 0 Å². The minimum atomic E-state index is -0.260. The Balaban J connectivity index is 1.76. The molecule has 2 aromatic carbocycles. The molecular formula is C18H16N2O5. The van der Waals surface area contributed by atoms with Crippen LogP contribution in [-0.4, -0.2) is 41.1 Å². The van der Waals surface area contributed by atoms with Crippen LogP contribution in [0.15, 0.2) is 35.4 Å². The number of methoxy groups -OCH3 is 2. The fourth-order valence-corrected chi connectivity index (χ4v) is 3.42. The van der Waals surface area contributed by atoms with Gasteiger partial charge < -0.3 is 19.7 Å². The molecule has 25 heavy (non-hydrogen) atoms. The molecule has 0 fully saturated rings. The van der Waals surface area contributed by atoms with Crippen molar-refractivity contribution in [3.8, 4) is 23.0 Å². The Morgan fingerprint density at radius 3 is 2.64 bits per heavy atom. The first-order chi connectivity index (χ1) is 12.0. The van der Waals surface area contributed by atoms with Crippen LogP contribution in [0.2, 0.25) is 0 Å². The van der Waals surface area contributed by atoms with Crippen molar-refractivity contribution in [3.05, 3.63) is 47.0 Å². The summed E-state index contributed by atoms with van der Waals surface area (Å²) in [5, 5.41) is 25.3. The van der Waals surface area contributed by atoms with E-state index in [1.54, 1.807) is 12.1 Å². The zero-order chi connectivity index (χ0) is 17.7. The van der Waals surface area contributed by atoms with Gasteiger partial charge in [-0.15, -0.1) is 0 Å². The van der Waals surface area contributed by atoms with Crippen LogP contribution in [0.4, 0.5) is 0 Å². The highest BCUT2D eigenvalue weighted by molar-refractivity contribution is 6.10. The first-order valence-corrected chi connectivity index (χ1v) is 7.73. The molecule has 1 atom stereocenters. The SMILES string of the molecule is COc1ccc2c(c1OC)C(=O)N1N=C(c3ccc(O)cc3O)C[C@@H]21. The summed E-state index contributed by atoms with van der Waals surface area (Å²) < 4.78 is 10.6. The minimum absolute atomic E-state index is 0.0291. The standard InChI is InChI=1S/C18H16N2O5/c1-24-15-6-5-11-13-8-12(10-4-3-9(21)7-14(10)22)19-20(13)18(23)16(11)17(15)25-2/h3-7,13,21-22H,8H2,1-2H3/t13-/m0/s1. The number of fused-ring (bicyclic) bond motifs is 3. The number of benzene rings is 2. The largest absolute Gasteiger partial charge is 0.508 e. The Labute approximate surface area is 143 Å². The fraction of sp³-hybridized carbons (Fsp3) is 0.222. The van der Waals surface area contributed by atoms with Crippen molar-refractivity contribution in [3.63, 3.8) is 0 Å². The molecule has 7 nitrogen and oxygen atoms in total.